The molecule has 3 nitrogen and oxygen atoms in total. The van der Waals surface area contributed by atoms with Gasteiger partial charge in [-0.15, -0.1) is 6.58 Å². The SMILES string of the molecule is C=CCC(C)c1nn(-c2cc(F)c(F)cc2F)cc1C=O. The first-order valence-corrected chi connectivity index (χ1v) is 6.28. The Kier molecular flexibility index (Phi) is 4.26. The lowest BCUT2D eigenvalue weighted by Gasteiger charge is -2.06. The highest BCUT2D eigenvalue weighted by atomic mass is 19.2. The molecule has 0 bridgehead atoms. The summed E-state index contributed by atoms with van der Waals surface area (Å²) in [5.74, 6) is -3.52. The van der Waals surface area contributed by atoms with Crippen molar-refractivity contribution in [1.82, 2.24) is 9.78 Å². The summed E-state index contributed by atoms with van der Waals surface area (Å²) in [6.45, 7) is 5.44. The summed E-state index contributed by atoms with van der Waals surface area (Å²) < 4.78 is 41.0. The number of carbonyl (C=O) groups excluding carboxylic acids is 1. The van der Waals surface area contributed by atoms with Crippen molar-refractivity contribution in [2.24, 2.45) is 0 Å². The van der Waals surface area contributed by atoms with Gasteiger partial charge in [0.25, 0.3) is 0 Å². The maximum atomic E-state index is 13.7. The number of carbonyl (C=O) groups is 1. The average molecular weight is 294 g/mol. The second-order valence-corrected chi connectivity index (χ2v) is 4.68. The maximum Gasteiger partial charge on any atom is 0.161 e. The van der Waals surface area contributed by atoms with E-state index in [1.807, 2.05) is 6.92 Å². The van der Waals surface area contributed by atoms with Gasteiger partial charge in [0.2, 0.25) is 0 Å². The van der Waals surface area contributed by atoms with Crippen molar-refractivity contribution in [3.8, 4) is 5.69 Å². The largest absolute Gasteiger partial charge is 0.298 e. The molecule has 1 atom stereocenters. The minimum absolute atomic E-state index is 0.0997. The summed E-state index contributed by atoms with van der Waals surface area (Å²) in [6, 6.07) is 1.15. The Bertz CT molecular complexity index is 694. The van der Waals surface area contributed by atoms with Gasteiger partial charge in [-0.05, 0) is 6.42 Å². The molecular formula is C15H13F3N2O. The molecule has 2 rings (SSSR count). The molecule has 0 aliphatic heterocycles. The number of hydrogen-bond donors (Lipinski definition) is 0. The monoisotopic (exact) mass is 294 g/mol. The summed E-state index contributed by atoms with van der Waals surface area (Å²) >= 11 is 0. The highest BCUT2D eigenvalue weighted by Crippen LogP contribution is 2.24. The molecule has 1 unspecified atom stereocenters. The van der Waals surface area contributed by atoms with E-state index in [2.05, 4.69) is 11.7 Å². The summed E-state index contributed by atoms with van der Waals surface area (Å²) in [6.07, 6.45) is 4.14. The molecule has 21 heavy (non-hydrogen) atoms. The quantitative estimate of drug-likeness (QED) is 0.478. The second kappa shape index (κ2) is 5.95. The lowest BCUT2D eigenvalue weighted by atomic mass is 10.0. The van der Waals surface area contributed by atoms with Gasteiger partial charge in [-0.3, -0.25) is 4.79 Å². The smallest absolute Gasteiger partial charge is 0.161 e. The minimum atomic E-state index is -1.28. The van der Waals surface area contributed by atoms with Gasteiger partial charge < -0.3 is 0 Å². The molecule has 1 aromatic carbocycles. The standard InChI is InChI=1S/C15H13F3N2O/c1-3-4-9(2)15-10(8-21)7-20(19-15)14-6-12(17)11(16)5-13(14)18/h3,5-9H,1,4H2,2H3. The first kappa shape index (κ1) is 15.0. The van der Waals surface area contributed by atoms with Crippen LogP contribution in [-0.2, 0) is 0 Å². The van der Waals surface area contributed by atoms with Crippen molar-refractivity contribution < 1.29 is 18.0 Å². The number of benzene rings is 1. The molecular weight excluding hydrogens is 281 g/mol. The lowest BCUT2D eigenvalue weighted by Crippen LogP contribution is -2.03. The Labute approximate surface area is 119 Å². The number of nitrogens with zero attached hydrogens (tertiary/aromatic N) is 2. The fourth-order valence-electron chi connectivity index (χ4n) is 2.05. The summed E-state index contributed by atoms with van der Waals surface area (Å²) in [5.41, 5.74) is 0.469. The Balaban J connectivity index is 2.53. The number of rotatable bonds is 5. The third kappa shape index (κ3) is 2.89. The first-order chi connectivity index (χ1) is 9.97. The Hall–Kier alpha value is -2.37. The molecule has 1 heterocycles. The summed E-state index contributed by atoms with van der Waals surface area (Å²) in [5, 5.41) is 4.11. The number of aromatic nitrogens is 2. The number of aldehydes is 1. The summed E-state index contributed by atoms with van der Waals surface area (Å²) in [4.78, 5) is 11.1. The number of allylic oxidation sites excluding steroid dienone is 1. The topological polar surface area (TPSA) is 34.9 Å². The van der Waals surface area contributed by atoms with E-state index in [-0.39, 0.29) is 17.2 Å². The first-order valence-electron chi connectivity index (χ1n) is 6.28. The molecule has 0 aliphatic rings. The van der Waals surface area contributed by atoms with E-state index in [1.165, 1.54) is 6.20 Å². The van der Waals surface area contributed by atoms with E-state index in [4.69, 9.17) is 0 Å². The van der Waals surface area contributed by atoms with Crippen molar-refractivity contribution in [3.05, 3.63) is 59.7 Å². The van der Waals surface area contributed by atoms with Gasteiger partial charge in [0.1, 0.15) is 5.69 Å². The van der Waals surface area contributed by atoms with Crippen LogP contribution in [0.5, 0.6) is 0 Å². The van der Waals surface area contributed by atoms with Crippen molar-refractivity contribution >= 4 is 6.29 Å². The van der Waals surface area contributed by atoms with Crippen LogP contribution in [0.4, 0.5) is 13.2 Å². The van der Waals surface area contributed by atoms with Crippen LogP contribution < -0.4 is 0 Å². The highest BCUT2D eigenvalue weighted by molar-refractivity contribution is 5.76. The maximum absolute atomic E-state index is 13.7. The molecule has 0 fully saturated rings. The molecule has 0 N–H and O–H groups in total. The van der Waals surface area contributed by atoms with Gasteiger partial charge >= 0.3 is 0 Å². The van der Waals surface area contributed by atoms with Gasteiger partial charge in [0.15, 0.2) is 23.7 Å². The van der Waals surface area contributed by atoms with E-state index in [9.17, 15) is 18.0 Å². The fourth-order valence-corrected chi connectivity index (χ4v) is 2.05. The van der Waals surface area contributed by atoms with Crippen molar-refractivity contribution in [2.45, 2.75) is 19.3 Å². The number of hydrogen-bond acceptors (Lipinski definition) is 2. The molecule has 0 aliphatic carbocycles. The zero-order chi connectivity index (χ0) is 15.6. The third-order valence-electron chi connectivity index (χ3n) is 3.12. The van der Waals surface area contributed by atoms with Crippen LogP contribution in [0.1, 0.15) is 35.3 Å². The van der Waals surface area contributed by atoms with Crippen LogP contribution in [0, 0.1) is 17.5 Å². The van der Waals surface area contributed by atoms with Crippen LogP contribution >= 0.6 is 0 Å². The van der Waals surface area contributed by atoms with Gasteiger partial charge in [-0.1, -0.05) is 13.0 Å². The number of halogens is 3. The molecule has 0 saturated heterocycles. The molecule has 0 spiro atoms. The zero-order valence-corrected chi connectivity index (χ0v) is 11.3. The van der Waals surface area contributed by atoms with Crippen molar-refractivity contribution in [1.29, 1.82) is 0 Å². The molecule has 0 saturated carbocycles. The van der Waals surface area contributed by atoms with Gasteiger partial charge in [0.05, 0.1) is 11.3 Å². The normalized spacial score (nSPS) is 12.2. The van der Waals surface area contributed by atoms with E-state index >= 15 is 0 Å². The Morgan fingerprint density at radius 2 is 1.95 bits per heavy atom. The summed E-state index contributed by atoms with van der Waals surface area (Å²) in [7, 11) is 0. The molecule has 6 heteroatoms. The van der Waals surface area contributed by atoms with Gasteiger partial charge in [-0.25, -0.2) is 17.9 Å². The van der Waals surface area contributed by atoms with Gasteiger partial charge in [-0.2, -0.15) is 5.10 Å². The van der Waals surface area contributed by atoms with E-state index in [0.29, 0.717) is 30.5 Å². The van der Waals surface area contributed by atoms with Crippen molar-refractivity contribution in [3.63, 3.8) is 0 Å². The van der Waals surface area contributed by atoms with E-state index < -0.39 is 17.5 Å². The third-order valence-corrected chi connectivity index (χ3v) is 3.12. The van der Waals surface area contributed by atoms with Crippen LogP contribution in [0.25, 0.3) is 5.69 Å². The minimum Gasteiger partial charge on any atom is -0.298 e. The molecule has 0 amide bonds. The zero-order valence-electron chi connectivity index (χ0n) is 11.3. The van der Waals surface area contributed by atoms with E-state index in [0.717, 1.165) is 4.68 Å². The second-order valence-electron chi connectivity index (χ2n) is 4.68. The Morgan fingerprint density at radius 3 is 2.57 bits per heavy atom. The lowest BCUT2D eigenvalue weighted by molar-refractivity contribution is 0.112. The average Bonchev–Trinajstić information content (AvgIpc) is 2.87. The van der Waals surface area contributed by atoms with Gasteiger partial charge in [0, 0.05) is 24.2 Å². The van der Waals surface area contributed by atoms with Crippen LogP contribution in [0.3, 0.4) is 0 Å². The molecule has 110 valence electrons. The molecule has 0 radical (unpaired) electrons. The van der Waals surface area contributed by atoms with Crippen LogP contribution in [0.2, 0.25) is 0 Å². The van der Waals surface area contributed by atoms with Crippen LogP contribution in [0.15, 0.2) is 31.0 Å². The molecule has 1 aromatic heterocycles. The van der Waals surface area contributed by atoms with E-state index in [1.54, 1.807) is 6.08 Å². The molecule has 2 aromatic rings. The van der Waals surface area contributed by atoms with Crippen molar-refractivity contribution in [2.75, 3.05) is 0 Å². The van der Waals surface area contributed by atoms with Crippen LogP contribution in [-0.4, -0.2) is 16.1 Å². The predicted octanol–water partition coefficient (Wildman–Crippen LogP) is 3.78. The highest BCUT2D eigenvalue weighted by Gasteiger charge is 2.18. The fraction of sp³-hybridized carbons (Fsp3) is 0.200. The predicted molar refractivity (Wildman–Crippen MR) is 72.1 cm³/mol. The Morgan fingerprint density at radius 1 is 1.29 bits per heavy atom.